The molecule has 76 valence electrons. The van der Waals surface area contributed by atoms with Crippen LogP contribution in [0.15, 0.2) is 0 Å². The second-order valence-electron chi connectivity index (χ2n) is 4.70. The first-order valence-corrected chi connectivity index (χ1v) is 4.61. The van der Waals surface area contributed by atoms with E-state index in [0.29, 0.717) is 5.41 Å². The molecule has 1 saturated carbocycles. The van der Waals surface area contributed by atoms with Crippen LogP contribution < -0.4 is 0 Å². The van der Waals surface area contributed by atoms with Gasteiger partial charge in [0.1, 0.15) is 0 Å². The Morgan fingerprint density at radius 2 is 1.25 bits per heavy atom. The van der Waals surface area contributed by atoms with Gasteiger partial charge in [-0.3, -0.25) is 0 Å². The molecule has 0 heteroatoms. The van der Waals surface area contributed by atoms with Crippen molar-refractivity contribution in [3.63, 3.8) is 0 Å². The average Bonchev–Trinajstić information content (AvgIpc) is 1.88. The Kier molecular flexibility index (Phi) is 6.79. The van der Waals surface area contributed by atoms with Crippen LogP contribution in [0.4, 0.5) is 0 Å². The SMILES string of the molecule is C.C.CC(C)(C)C1CCCCC1. The highest BCUT2D eigenvalue weighted by molar-refractivity contribution is 4.76. The Labute approximate surface area is 79.8 Å². The Hall–Kier alpha value is 0. The molecule has 0 atom stereocenters. The Balaban J connectivity index is 0. The summed E-state index contributed by atoms with van der Waals surface area (Å²) in [7, 11) is 0. The van der Waals surface area contributed by atoms with Gasteiger partial charge in [-0.15, -0.1) is 0 Å². The van der Waals surface area contributed by atoms with Crippen molar-refractivity contribution in [2.24, 2.45) is 11.3 Å². The highest BCUT2D eigenvalue weighted by Gasteiger charge is 2.25. The van der Waals surface area contributed by atoms with Crippen LogP contribution in [0.5, 0.6) is 0 Å². The maximum atomic E-state index is 2.38. The predicted molar refractivity (Wildman–Crippen MR) is 59.5 cm³/mol. The lowest BCUT2D eigenvalue weighted by molar-refractivity contribution is 0.180. The highest BCUT2D eigenvalue weighted by atomic mass is 14.3. The maximum Gasteiger partial charge on any atom is -0.0354 e. The topological polar surface area (TPSA) is 0 Å². The highest BCUT2D eigenvalue weighted by Crippen LogP contribution is 2.37. The lowest BCUT2D eigenvalue weighted by Crippen LogP contribution is -2.22. The molecule has 1 aliphatic carbocycles. The van der Waals surface area contributed by atoms with Crippen LogP contribution >= 0.6 is 0 Å². The van der Waals surface area contributed by atoms with Crippen LogP contribution in [0.25, 0.3) is 0 Å². The van der Waals surface area contributed by atoms with Gasteiger partial charge < -0.3 is 0 Å². The summed E-state index contributed by atoms with van der Waals surface area (Å²) in [6.45, 7) is 7.13. The maximum absolute atomic E-state index is 2.38. The average molecular weight is 172 g/mol. The quantitative estimate of drug-likeness (QED) is 0.488. The van der Waals surface area contributed by atoms with Gasteiger partial charge in [0.15, 0.2) is 0 Å². The standard InChI is InChI=1S/C10H20.2CH4/c1-10(2,3)9-7-5-4-6-8-9;;/h9H,4-8H2,1-3H3;2*1H4. The minimum atomic E-state index is 0. The normalized spacial score (nSPS) is 19.2. The lowest BCUT2D eigenvalue weighted by Gasteiger charge is -2.33. The molecule has 0 aliphatic heterocycles. The van der Waals surface area contributed by atoms with Crippen molar-refractivity contribution >= 4 is 0 Å². The fourth-order valence-electron chi connectivity index (χ4n) is 1.97. The summed E-state index contributed by atoms with van der Waals surface area (Å²) in [5.41, 5.74) is 0.570. The third kappa shape index (κ3) is 4.13. The second-order valence-corrected chi connectivity index (χ2v) is 4.70. The summed E-state index contributed by atoms with van der Waals surface area (Å²) >= 11 is 0. The van der Waals surface area contributed by atoms with Crippen molar-refractivity contribution in [1.82, 2.24) is 0 Å². The zero-order chi connectivity index (χ0) is 7.61. The van der Waals surface area contributed by atoms with Crippen molar-refractivity contribution in [3.8, 4) is 0 Å². The third-order valence-corrected chi connectivity index (χ3v) is 2.83. The molecule has 1 rings (SSSR count). The van der Waals surface area contributed by atoms with Crippen molar-refractivity contribution in [2.45, 2.75) is 67.7 Å². The molecule has 0 N–H and O–H groups in total. The largest absolute Gasteiger partial charge is 0.0776 e. The molecule has 0 aromatic carbocycles. The van der Waals surface area contributed by atoms with Gasteiger partial charge in [-0.05, 0) is 24.2 Å². The first kappa shape index (κ1) is 14.5. The first-order valence-electron chi connectivity index (χ1n) is 4.61. The van der Waals surface area contributed by atoms with Crippen molar-refractivity contribution < 1.29 is 0 Å². The molecule has 1 fully saturated rings. The zero-order valence-corrected chi connectivity index (χ0v) is 7.61. The van der Waals surface area contributed by atoms with Crippen LogP contribution in [0.2, 0.25) is 0 Å². The van der Waals surface area contributed by atoms with E-state index in [0.717, 1.165) is 5.92 Å². The molecule has 0 heterocycles. The molecule has 0 bridgehead atoms. The Morgan fingerprint density at radius 1 is 0.833 bits per heavy atom. The van der Waals surface area contributed by atoms with Gasteiger partial charge in [0.05, 0.1) is 0 Å². The molecule has 0 saturated heterocycles. The van der Waals surface area contributed by atoms with Crippen LogP contribution in [-0.2, 0) is 0 Å². The fourth-order valence-corrected chi connectivity index (χ4v) is 1.97. The van der Waals surface area contributed by atoms with E-state index in [2.05, 4.69) is 20.8 Å². The van der Waals surface area contributed by atoms with E-state index in [4.69, 9.17) is 0 Å². The smallest absolute Gasteiger partial charge is 0.0354 e. The number of hydrogen-bond donors (Lipinski definition) is 0. The number of rotatable bonds is 0. The summed E-state index contributed by atoms with van der Waals surface area (Å²) in [4.78, 5) is 0. The minimum absolute atomic E-state index is 0. The van der Waals surface area contributed by atoms with Crippen molar-refractivity contribution in [2.75, 3.05) is 0 Å². The summed E-state index contributed by atoms with van der Waals surface area (Å²) in [5.74, 6) is 1.00. The van der Waals surface area contributed by atoms with Crippen molar-refractivity contribution in [1.29, 1.82) is 0 Å². The Bertz CT molecular complexity index is 91.1. The van der Waals surface area contributed by atoms with E-state index in [1.165, 1.54) is 32.1 Å². The molecular formula is C12H28. The zero-order valence-electron chi connectivity index (χ0n) is 7.61. The monoisotopic (exact) mass is 172 g/mol. The number of hydrogen-bond acceptors (Lipinski definition) is 0. The van der Waals surface area contributed by atoms with E-state index in [-0.39, 0.29) is 14.9 Å². The van der Waals surface area contributed by atoms with E-state index < -0.39 is 0 Å². The van der Waals surface area contributed by atoms with Gasteiger partial charge in [-0.25, -0.2) is 0 Å². The molecular weight excluding hydrogens is 144 g/mol. The molecule has 12 heavy (non-hydrogen) atoms. The molecule has 0 aromatic heterocycles. The van der Waals surface area contributed by atoms with Gasteiger partial charge in [0, 0.05) is 0 Å². The van der Waals surface area contributed by atoms with E-state index in [9.17, 15) is 0 Å². The molecule has 0 radical (unpaired) electrons. The van der Waals surface area contributed by atoms with E-state index >= 15 is 0 Å². The third-order valence-electron chi connectivity index (χ3n) is 2.83. The minimum Gasteiger partial charge on any atom is -0.0776 e. The van der Waals surface area contributed by atoms with Crippen LogP contribution in [0.1, 0.15) is 67.7 Å². The molecule has 0 amide bonds. The Morgan fingerprint density at radius 3 is 1.50 bits per heavy atom. The van der Waals surface area contributed by atoms with Gasteiger partial charge in [0.2, 0.25) is 0 Å². The molecule has 0 spiro atoms. The van der Waals surface area contributed by atoms with Crippen LogP contribution in [0, 0.1) is 11.3 Å². The van der Waals surface area contributed by atoms with Gasteiger partial charge >= 0.3 is 0 Å². The van der Waals surface area contributed by atoms with E-state index in [1.807, 2.05) is 0 Å². The summed E-state index contributed by atoms with van der Waals surface area (Å²) in [5, 5.41) is 0. The van der Waals surface area contributed by atoms with Crippen LogP contribution in [0.3, 0.4) is 0 Å². The lowest BCUT2D eigenvalue weighted by atomic mass is 9.72. The van der Waals surface area contributed by atoms with Crippen LogP contribution in [-0.4, -0.2) is 0 Å². The predicted octanol–water partition coefficient (Wildman–Crippen LogP) is 4.89. The van der Waals surface area contributed by atoms with Crippen molar-refractivity contribution in [3.05, 3.63) is 0 Å². The second kappa shape index (κ2) is 5.61. The van der Waals surface area contributed by atoms with Gasteiger partial charge in [-0.2, -0.15) is 0 Å². The molecule has 0 unspecified atom stereocenters. The van der Waals surface area contributed by atoms with Gasteiger partial charge in [0.25, 0.3) is 0 Å². The van der Waals surface area contributed by atoms with E-state index in [1.54, 1.807) is 0 Å². The summed E-state index contributed by atoms with van der Waals surface area (Å²) < 4.78 is 0. The summed E-state index contributed by atoms with van der Waals surface area (Å²) in [6.07, 6.45) is 7.38. The molecule has 0 nitrogen and oxygen atoms in total. The molecule has 1 aliphatic rings. The fraction of sp³-hybridized carbons (Fsp3) is 1.00. The first-order chi connectivity index (χ1) is 4.61. The molecule has 0 aromatic rings. The summed E-state index contributed by atoms with van der Waals surface area (Å²) in [6, 6.07) is 0. The van der Waals surface area contributed by atoms with Gasteiger partial charge in [-0.1, -0.05) is 54.9 Å².